The quantitative estimate of drug-likeness (QED) is 0.246. The predicted molar refractivity (Wildman–Crippen MR) is 30.1 cm³/mol. The molecule has 0 spiro atoms. The average molecular weight is 188 g/mol. The standard InChI is InChI=1S/H2O4S.2HOSi/c1-5(2,3)4;2*1-2/h(H2,1,2,3,4);2*1H. The number of rotatable bonds is 0. The van der Waals surface area contributed by atoms with Gasteiger partial charge in [-0.05, 0) is 0 Å². The molecule has 0 atom stereocenters. The van der Waals surface area contributed by atoms with Crippen molar-refractivity contribution in [3.8, 4) is 0 Å². The van der Waals surface area contributed by atoms with Crippen molar-refractivity contribution >= 4 is 31.4 Å². The molecule has 9 heteroatoms. The highest BCUT2D eigenvalue weighted by Crippen LogP contribution is 1.59. The summed E-state index contributed by atoms with van der Waals surface area (Å²) in [5.74, 6) is 0. The first-order valence-corrected chi connectivity index (χ1v) is 3.44. The molecular formula is H4O6SSi2. The molecule has 0 aliphatic rings. The first kappa shape index (κ1) is 16.1. The van der Waals surface area contributed by atoms with Gasteiger partial charge in [0.05, 0.1) is 0 Å². The first-order valence-electron chi connectivity index (χ1n) is 1.15. The van der Waals surface area contributed by atoms with Crippen LogP contribution in [0.4, 0.5) is 0 Å². The van der Waals surface area contributed by atoms with Crippen LogP contribution >= 0.6 is 0 Å². The van der Waals surface area contributed by atoms with Crippen LogP contribution in [0.2, 0.25) is 0 Å². The average Bonchev–Trinajstić information content (AvgIpc) is 1.72. The van der Waals surface area contributed by atoms with E-state index in [1.165, 1.54) is 0 Å². The molecule has 0 aromatic carbocycles. The van der Waals surface area contributed by atoms with E-state index in [0.717, 1.165) is 0 Å². The van der Waals surface area contributed by atoms with Gasteiger partial charge in [-0.1, -0.05) is 0 Å². The van der Waals surface area contributed by atoms with E-state index in [0.29, 0.717) is 0 Å². The molecule has 0 heterocycles. The molecule has 0 fully saturated rings. The van der Waals surface area contributed by atoms with E-state index in [1.54, 1.807) is 0 Å². The molecule has 6 nitrogen and oxygen atoms in total. The van der Waals surface area contributed by atoms with Crippen LogP contribution in [0.15, 0.2) is 0 Å². The summed E-state index contributed by atoms with van der Waals surface area (Å²) < 4.78 is 31.6. The second-order valence-electron chi connectivity index (χ2n) is 0.448. The lowest BCUT2D eigenvalue weighted by molar-refractivity contribution is 0.381. The van der Waals surface area contributed by atoms with Gasteiger partial charge in [-0.3, -0.25) is 9.11 Å². The SMILES string of the molecule is O=S(=O)(O)O.O[Si].O[Si]. The van der Waals surface area contributed by atoms with E-state index in [4.69, 9.17) is 27.1 Å². The Labute approximate surface area is 59.2 Å². The van der Waals surface area contributed by atoms with E-state index in [9.17, 15) is 0 Å². The third-order valence-corrected chi connectivity index (χ3v) is 0. The van der Waals surface area contributed by atoms with Crippen LogP contribution in [0.25, 0.3) is 0 Å². The topological polar surface area (TPSA) is 115 Å². The molecule has 0 rings (SSSR count). The monoisotopic (exact) mass is 188 g/mol. The summed E-state index contributed by atoms with van der Waals surface area (Å²) in [7, 11) is -0.722. The molecule has 0 bridgehead atoms. The zero-order valence-electron chi connectivity index (χ0n) is 4.01. The Kier molecular flexibility index (Phi) is 19.8. The minimum atomic E-state index is -4.67. The molecule has 0 aliphatic carbocycles. The highest BCUT2D eigenvalue weighted by molar-refractivity contribution is 7.79. The summed E-state index contributed by atoms with van der Waals surface area (Å²) in [5.41, 5.74) is 0. The van der Waals surface area contributed by atoms with Crippen LogP contribution in [0, 0.1) is 0 Å². The lowest BCUT2D eigenvalue weighted by Gasteiger charge is -1.68. The first-order chi connectivity index (χ1) is 4.00. The van der Waals surface area contributed by atoms with Gasteiger partial charge in [0.1, 0.15) is 0 Å². The summed E-state index contributed by atoms with van der Waals surface area (Å²) in [5, 5.41) is 0. The molecule has 4 N–H and O–H groups in total. The molecule has 0 aromatic heterocycles. The normalized spacial score (nSPS) is 7.78. The summed E-state index contributed by atoms with van der Waals surface area (Å²) in [6, 6.07) is 0. The Hall–Kier alpha value is 0.224. The van der Waals surface area contributed by atoms with Crippen LogP contribution < -0.4 is 0 Å². The highest BCUT2D eigenvalue weighted by atomic mass is 32.3. The van der Waals surface area contributed by atoms with Gasteiger partial charge in [0.2, 0.25) is 21.0 Å². The lowest BCUT2D eigenvalue weighted by atomic mass is 15.8. The zero-order valence-corrected chi connectivity index (χ0v) is 6.83. The number of hydrogen-bond donors (Lipinski definition) is 4. The van der Waals surface area contributed by atoms with Crippen molar-refractivity contribution in [2.75, 3.05) is 0 Å². The van der Waals surface area contributed by atoms with Crippen molar-refractivity contribution in [2.45, 2.75) is 0 Å². The molecule has 9 heavy (non-hydrogen) atoms. The Bertz CT molecular complexity index is 94.2. The van der Waals surface area contributed by atoms with Crippen molar-refractivity contribution in [2.24, 2.45) is 0 Å². The van der Waals surface area contributed by atoms with Crippen LogP contribution in [0.5, 0.6) is 0 Å². The third-order valence-electron chi connectivity index (χ3n) is 0. The Balaban J connectivity index is -0.0000000771. The van der Waals surface area contributed by atoms with Crippen molar-refractivity contribution in [3.05, 3.63) is 0 Å². The smallest absolute Gasteiger partial charge is 0.394 e. The Morgan fingerprint density at radius 3 is 0.889 bits per heavy atom. The van der Waals surface area contributed by atoms with E-state index >= 15 is 0 Å². The molecule has 0 saturated heterocycles. The molecular weight excluding hydrogens is 184 g/mol. The maximum absolute atomic E-state index is 8.74. The summed E-state index contributed by atoms with van der Waals surface area (Å²) in [6.07, 6.45) is 0. The van der Waals surface area contributed by atoms with Gasteiger partial charge in [0.25, 0.3) is 0 Å². The summed E-state index contributed by atoms with van der Waals surface area (Å²) in [6.45, 7) is 0. The van der Waals surface area contributed by atoms with Gasteiger partial charge in [-0.25, -0.2) is 0 Å². The van der Waals surface area contributed by atoms with Crippen molar-refractivity contribution < 1.29 is 27.1 Å². The van der Waals surface area contributed by atoms with Crippen LogP contribution in [0.3, 0.4) is 0 Å². The van der Waals surface area contributed by atoms with Crippen molar-refractivity contribution in [3.63, 3.8) is 0 Å². The second kappa shape index (κ2) is 11.1. The third kappa shape index (κ3) is 6360. The lowest BCUT2D eigenvalue weighted by Crippen LogP contribution is -1.89. The fourth-order valence-corrected chi connectivity index (χ4v) is 0. The van der Waals surface area contributed by atoms with E-state index < -0.39 is 10.4 Å². The Morgan fingerprint density at radius 1 is 0.889 bits per heavy atom. The largest absolute Gasteiger partial charge is 0.433 e. The molecule has 0 amide bonds. The van der Waals surface area contributed by atoms with Crippen LogP contribution in [-0.2, 0) is 10.4 Å². The minimum absolute atomic E-state index is 1.97. The van der Waals surface area contributed by atoms with Gasteiger partial charge >= 0.3 is 10.4 Å². The van der Waals surface area contributed by atoms with E-state index in [2.05, 4.69) is 0 Å². The van der Waals surface area contributed by atoms with Crippen molar-refractivity contribution in [1.82, 2.24) is 0 Å². The van der Waals surface area contributed by atoms with Crippen LogP contribution in [0.1, 0.15) is 0 Å². The van der Waals surface area contributed by atoms with Crippen molar-refractivity contribution in [1.29, 1.82) is 0 Å². The Morgan fingerprint density at radius 2 is 0.889 bits per heavy atom. The molecule has 0 aromatic rings. The predicted octanol–water partition coefficient (Wildman–Crippen LogP) is -2.53. The minimum Gasteiger partial charge on any atom is -0.433 e. The molecule has 6 radical (unpaired) electrons. The zero-order chi connectivity index (χ0) is 8.50. The number of hydrogen-bond acceptors (Lipinski definition) is 4. The molecule has 0 saturated carbocycles. The van der Waals surface area contributed by atoms with E-state index in [-0.39, 0.29) is 0 Å². The molecule has 54 valence electrons. The highest BCUT2D eigenvalue weighted by Gasteiger charge is 1.84. The van der Waals surface area contributed by atoms with E-state index in [1.807, 2.05) is 21.0 Å². The maximum atomic E-state index is 8.74. The fourth-order valence-electron chi connectivity index (χ4n) is 0. The summed E-state index contributed by atoms with van der Waals surface area (Å²) >= 11 is 0. The molecule has 0 aliphatic heterocycles. The van der Waals surface area contributed by atoms with Crippen LogP contribution in [-0.4, -0.2) is 48.1 Å². The summed E-state index contributed by atoms with van der Waals surface area (Å²) in [4.78, 5) is 13.6. The second-order valence-corrected chi connectivity index (χ2v) is 1.34. The van der Waals surface area contributed by atoms with Gasteiger partial charge < -0.3 is 9.59 Å². The van der Waals surface area contributed by atoms with Gasteiger partial charge in [0, 0.05) is 0 Å². The van der Waals surface area contributed by atoms with Gasteiger partial charge in [-0.2, -0.15) is 8.42 Å². The molecule has 0 unspecified atom stereocenters. The fraction of sp³-hybridized carbons (Fsp3) is 0. The van der Waals surface area contributed by atoms with Gasteiger partial charge in [0.15, 0.2) is 0 Å². The maximum Gasteiger partial charge on any atom is 0.394 e. The van der Waals surface area contributed by atoms with Gasteiger partial charge in [-0.15, -0.1) is 0 Å².